The summed E-state index contributed by atoms with van der Waals surface area (Å²) >= 11 is 1.74. The first-order valence-electron chi connectivity index (χ1n) is 6.40. The quantitative estimate of drug-likeness (QED) is 0.797. The third kappa shape index (κ3) is 2.61. The van der Waals surface area contributed by atoms with E-state index < -0.39 is 0 Å². The number of ether oxygens (including phenoxy) is 1. The van der Waals surface area contributed by atoms with Crippen LogP contribution < -0.4 is 4.90 Å². The minimum atomic E-state index is 0.752. The molecule has 0 saturated carbocycles. The summed E-state index contributed by atoms with van der Waals surface area (Å²) in [7, 11) is 0. The molecular formula is C12H19N3OS. The fraction of sp³-hybridized carbons (Fsp3) is 0.750. The molecule has 4 nitrogen and oxygen atoms in total. The van der Waals surface area contributed by atoms with Gasteiger partial charge in [-0.2, -0.15) is 0 Å². The minimum absolute atomic E-state index is 0.752. The lowest BCUT2D eigenvalue weighted by atomic mass is 10.1. The molecular weight excluding hydrogens is 234 g/mol. The summed E-state index contributed by atoms with van der Waals surface area (Å²) < 4.78 is 5.43. The molecule has 0 unspecified atom stereocenters. The van der Waals surface area contributed by atoms with E-state index in [2.05, 4.69) is 20.2 Å². The highest BCUT2D eigenvalue weighted by Crippen LogP contribution is 2.21. The molecule has 2 aliphatic heterocycles. The normalized spacial score (nSPS) is 24.1. The van der Waals surface area contributed by atoms with Crippen LogP contribution in [0.4, 0.5) is 5.13 Å². The lowest BCUT2D eigenvalue weighted by Crippen LogP contribution is -2.51. The van der Waals surface area contributed by atoms with Crippen molar-refractivity contribution in [1.29, 1.82) is 0 Å². The fourth-order valence-electron chi connectivity index (χ4n) is 2.70. The molecule has 0 aromatic carbocycles. The van der Waals surface area contributed by atoms with Gasteiger partial charge in [0.2, 0.25) is 0 Å². The average Bonchev–Trinajstić information content (AvgIpc) is 2.94. The zero-order valence-electron chi connectivity index (χ0n) is 10.0. The number of aromatic nitrogens is 1. The lowest BCUT2D eigenvalue weighted by Gasteiger charge is -2.40. The van der Waals surface area contributed by atoms with Gasteiger partial charge in [0, 0.05) is 57.0 Å². The maximum atomic E-state index is 5.43. The van der Waals surface area contributed by atoms with Crippen LogP contribution >= 0.6 is 11.3 Å². The molecule has 17 heavy (non-hydrogen) atoms. The molecule has 94 valence electrons. The predicted octanol–water partition coefficient (Wildman–Crippen LogP) is 1.44. The summed E-state index contributed by atoms with van der Waals surface area (Å²) in [5.74, 6) is 0. The molecule has 3 rings (SSSR count). The second-order valence-electron chi connectivity index (χ2n) is 4.68. The van der Waals surface area contributed by atoms with Gasteiger partial charge in [0.15, 0.2) is 5.13 Å². The highest BCUT2D eigenvalue weighted by molar-refractivity contribution is 7.13. The first-order chi connectivity index (χ1) is 8.43. The SMILES string of the molecule is c1csc(N2CCN(C3CCOCC3)CC2)n1. The van der Waals surface area contributed by atoms with Gasteiger partial charge in [0.1, 0.15) is 0 Å². The maximum absolute atomic E-state index is 5.43. The highest BCUT2D eigenvalue weighted by atomic mass is 32.1. The van der Waals surface area contributed by atoms with Crippen molar-refractivity contribution >= 4 is 16.5 Å². The molecule has 0 aliphatic carbocycles. The van der Waals surface area contributed by atoms with Gasteiger partial charge in [-0.3, -0.25) is 4.90 Å². The van der Waals surface area contributed by atoms with E-state index in [1.165, 1.54) is 31.1 Å². The van der Waals surface area contributed by atoms with Crippen molar-refractivity contribution in [2.24, 2.45) is 0 Å². The van der Waals surface area contributed by atoms with Crippen molar-refractivity contribution in [3.63, 3.8) is 0 Å². The van der Waals surface area contributed by atoms with Gasteiger partial charge in [-0.1, -0.05) is 0 Å². The Hall–Kier alpha value is -0.650. The van der Waals surface area contributed by atoms with E-state index in [1.54, 1.807) is 11.3 Å². The third-order valence-electron chi connectivity index (χ3n) is 3.71. The van der Waals surface area contributed by atoms with Crippen LogP contribution in [0.15, 0.2) is 11.6 Å². The van der Waals surface area contributed by atoms with E-state index in [0.717, 1.165) is 32.3 Å². The van der Waals surface area contributed by atoms with E-state index in [-0.39, 0.29) is 0 Å². The number of hydrogen-bond acceptors (Lipinski definition) is 5. The summed E-state index contributed by atoms with van der Waals surface area (Å²) in [5, 5.41) is 3.23. The van der Waals surface area contributed by atoms with E-state index >= 15 is 0 Å². The largest absolute Gasteiger partial charge is 0.381 e. The Morgan fingerprint density at radius 1 is 1.18 bits per heavy atom. The highest BCUT2D eigenvalue weighted by Gasteiger charge is 2.25. The second-order valence-corrected chi connectivity index (χ2v) is 5.55. The van der Waals surface area contributed by atoms with Gasteiger partial charge < -0.3 is 9.64 Å². The minimum Gasteiger partial charge on any atom is -0.381 e. The van der Waals surface area contributed by atoms with Crippen molar-refractivity contribution in [1.82, 2.24) is 9.88 Å². The van der Waals surface area contributed by atoms with Crippen LogP contribution in [-0.2, 0) is 4.74 Å². The molecule has 0 N–H and O–H groups in total. The summed E-state index contributed by atoms with van der Waals surface area (Å²) in [4.78, 5) is 9.42. The van der Waals surface area contributed by atoms with Gasteiger partial charge in [-0.25, -0.2) is 4.98 Å². The molecule has 2 aliphatic rings. The number of thiazole rings is 1. The Balaban J connectivity index is 1.53. The molecule has 0 atom stereocenters. The molecule has 0 amide bonds. The number of hydrogen-bond donors (Lipinski definition) is 0. The van der Waals surface area contributed by atoms with Crippen molar-refractivity contribution in [3.8, 4) is 0 Å². The smallest absolute Gasteiger partial charge is 0.185 e. The van der Waals surface area contributed by atoms with Crippen LogP contribution in [0.2, 0.25) is 0 Å². The number of rotatable bonds is 2. The number of nitrogens with zero attached hydrogens (tertiary/aromatic N) is 3. The Kier molecular flexibility index (Phi) is 3.59. The lowest BCUT2D eigenvalue weighted by molar-refractivity contribution is 0.0321. The van der Waals surface area contributed by atoms with Crippen LogP contribution in [0.5, 0.6) is 0 Å². The van der Waals surface area contributed by atoms with E-state index in [9.17, 15) is 0 Å². The van der Waals surface area contributed by atoms with E-state index in [4.69, 9.17) is 4.74 Å². The Morgan fingerprint density at radius 3 is 2.59 bits per heavy atom. The number of piperazine rings is 1. The standard InChI is InChI=1S/C12H19N3OS/c1-8-16-9-2-11(1)14-4-6-15(7-5-14)12-13-3-10-17-12/h3,10-11H,1-2,4-9H2. The first-order valence-corrected chi connectivity index (χ1v) is 7.28. The molecule has 0 radical (unpaired) electrons. The summed E-state index contributed by atoms with van der Waals surface area (Å²) in [6.07, 6.45) is 4.30. The molecule has 2 saturated heterocycles. The molecule has 2 fully saturated rings. The molecule has 0 spiro atoms. The van der Waals surface area contributed by atoms with Gasteiger partial charge in [0.05, 0.1) is 0 Å². The van der Waals surface area contributed by atoms with Gasteiger partial charge in [-0.05, 0) is 12.8 Å². The van der Waals surface area contributed by atoms with Crippen LogP contribution in [0.1, 0.15) is 12.8 Å². The summed E-state index contributed by atoms with van der Waals surface area (Å²) in [6, 6.07) is 0.752. The Bertz CT molecular complexity index is 330. The number of anilines is 1. The van der Waals surface area contributed by atoms with Crippen molar-refractivity contribution in [2.45, 2.75) is 18.9 Å². The summed E-state index contributed by atoms with van der Waals surface area (Å²) in [6.45, 7) is 6.46. The monoisotopic (exact) mass is 253 g/mol. The van der Waals surface area contributed by atoms with Gasteiger partial charge >= 0.3 is 0 Å². The van der Waals surface area contributed by atoms with Gasteiger partial charge in [-0.15, -0.1) is 11.3 Å². The Labute approximate surface area is 106 Å². The van der Waals surface area contributed by atoms with Crippen LogP contribution in [-0.4, -0.2) is 55.3 Å². The van der Waals surface area contributed by atoms with E-state index in [0.29, 0.717) is 0 Å². The topological polar surface area (TPSA) is 28.6 Å². The van der Waals surface area contributed by atoms with Crippen molar-refractivity contribution < 1.29 is 4.74 Å². The van der Waals surface area contributed by atoms with Crippen LogP contribution in [0, 0.1) is 0 Å². The van der Waals surface area contributed by atoms with E-state index in [1.807, 2.05) is 6.20 Å². The first kappa shape index (κ1) is 11.4. The molecule has 0 bridgehead atoms. The fourth-order valence-corrected chi connectivity index (χ4v) is 3.40. The van der Waals surface area contributed by atoms with Crippen molar-refractivity contribution in [2.75, 3.05) is 44.3 Å². The zero-order valence-corrected chi connectivity index (χ0v) is 10.9. The van der Waals surface area contributed by atoms with Crippen LogP contribution in [0.3, 0.4) is 0 Å². The molecule has 1 aromatic heterocycles. The van der Waals surface area contributed by atoms with Crippen molar-refractivity contribution in [3.05, 3.63) is 11.6 Å². The second kappa shape index (κ2) is 5.33. The summed E-state index contributed by atoms with van der Waals surface area (Å²) in [5.41, 5.74) is 0. The maximum Gasteiger partial charge on any atom is 0.185 e. The average molecular weight is 253 g/mol. The predicted molar refractivity (Wildman–Crippen MR) is 69.7 cm³/mol. The molecule has 3 heterocycles. The van der Waals surface area contributed by atoms with Crippen LogP contribution in [0.25, 0.3) is 0 Å². The Morgan fingerprint density at radius 2 is 1.94 bits per heavy atom. The molecule has 5 heteroatoms. The third-order valence-corrected chi connectivity index (χ3v) is 4.54. The molecule has 1 aromatic rings. The zero-order chi connectivity index (χ0) is 11.5. The van der Waals surface area contributed by atoms with Gasteiger partial charge in [0.25, 0.3) is 0 Å².